The Labute approximate surface area is 163 Å². The summed E-state index contributed by atoms with van der Waals surface area (Å²) in [5, 5.41) is 7.41. The van der Waals surface area contributed by atoms with Crippen LogP contribution in [0.3, 0.4) is 0 Å². The van der Waals surface area contributed by atoms with Crippen LogP contribution in [0.1, 0.15) is 23.7 Å². The number of hydrogen-bond acceptors (Lipinski definition) is 4. The van der Waals surface area contributed by atoms with Gasteiger partial charge >= 0.3 is 5.97 Å². The summed E-state index contributed by atoms with van der Waals surface area (Å²) in [6.45, 7) is 7.65. The van der Waals surface area contributed by atoms with E-state index in [1.54, 1.807) is 16.8 Å². The number of benzene rings is 1. The lowest BCUT2D eigenvalue weighted by Gasteiger charge is -2.10. The Morgan fingerprint density at radius 2 is 2.07 bits per heavy atom. The fourth-order valence-corrected chi connectivity index (χ4v) is 2.65. The van der Waals surface area contributed by atoms with E-state index in [1.165, 1.54) is 13.0 Å². The fraction of sp³-hybridized carbons (Fsp3) is 0.250. The van der Waals surface area contributed by atoms with Crippen LogP contribution in [0.2, 0.25) is 5.15 Å². The van der Waals surface area contributed by atoms with Crippen LogP contribution in [0.15, 0.2) is 49.1 Å². The first-order valence-electron chi connectivity index (χ1n) is 8.46. The maximum atomic E-state index is 11.9. The summed E-state index contributed by atoms with van der Waals surface area (Å²) in [7, 11) is 0. The summed E-state index contributed by atoms with van der Waals surface area (Å²) in [6.07, 6.45) is 3.42. The second-order valence-corrected chi connectivity index (χ2v) is 6.24. The number of aromatic nitrogens is 2. The molecule has 0 aliphatic heterocycles. The molecule has 2 aromatic rings. The molecule has 0 fully saturated rings. The lowest BCUT2D eigenvalue weighted by molar-refractivity contribution is -0.150. The molecule has 0 saturated heterocycles. The van der Waals surface area contributed by atoms with Crippen molar-refractivity contribution in [2.75, 3.05) is 6.54 Å². The first-order valence-corrected chi connectivity index (χ1v) is 8.84. The maximum Gasteiger partial charge on any atom is 0.331 e. The zero-order chi connectivity index (χ0) is 19.8. The van der Waals surface area contributed by atoms with Crippen LogP contribution in [0, 0.1) is 6.92 Å². The molecule has 1 amide bonds. The van der Waals surface area contributed by atoms with Crippen molar-refractivity contribution in [3.63, 3.8) is 0 Å². The smallest absolute Gasteiger partial charge is 0.331 e. The zero-order valence-electron chi connectivity index (χ0n) is 15.3. The molecule has 1 aromatic carbocycles. The van der Waals surface area contributed by atoms with E-state index >= 15 is 0 Å². The van der Waals surface area contributed by atoms with Gasteiger partial charge in [0.2, 0.25) is 0 Å². The number of amides is 1. The maximum absolute atomic E-state index is 11.9. The molecule has 0 unspecified atom stereocenters. The van der Waals surface area contributed by atoms with Crippen molar-refractivity contribution >= 4 is 29.6 Å². The van der Waals surface area contributed by atoms with E-state index in [0.717, 1.165) is 5.56 Å². The molecule has 1 N–H and O–H groups in total. The number of carbonyl (C=O) groups is 2. The predicted molar refractivity (Wildman–Crippen MR) is 105 cm³/mol. The summed E-state index contributed by atoms with van der Waals surface area (Å²) < 4.78 is 6.74. The molecule has 6 nitrogen and oxygen atoms in total. The van der Waals surface area contributed by atoms with Crippen LogP contribution in [-0.2, 0) is 20.9 Å². The average molecular weight is 388 g/mol. The van der Waals surface area contributed by atoms with Crippen LogP contribution in [0.4, 0.5) is 0 Å². The summed E-state index contributed by atoms with van der Waals surface area (Å²) in [5.74, 6) is -1.02. The average Bonchev–Trinajstić information content (AvgIpc) is 2.91. The minimum atomic E-state index is -0.903. The van der Waals surface area contributed by atoms with Gasteiger partial charge in [0.05, 0.1) is 12.2 Å². The number of ether oxygens (including phenoxy) is 1. The van der Waals surface area contributed by atoms with Crippen molar-refractivity contribution in [3.8, 4) is 0 Å². The second-order valence-electron chi connectivity index (χ2n) is 5.88. The van der Waals surface area contributed by atoms with Gasteiger partial charge in [-0.3, -0.25) is 4.79 Å². The molecule has 1 heterocycles. The standard InChI is InChI=1S/C20H22ClN3O3/c1-4-12-22-20(26)15(3)27-18(25)11-10-17-14(2)23-24(19(17)21)13-16-8-6-5-7-9-16/h4-11,15H,1,12-13H2,2-3H3,(H,22,26)/b11-10+/t15-/m1/s1. The number of halogens is 1. The summed E-state index contributed by atoms with van der Waals surface area (Å²) in [6, 6.07) is 9.81. The highest BCUT2D eigenvalue weighted by molar-refractivity contribution is 6.31. The predicted octanol–water partition coefficient (Wildman–Crippen LogP) is 3.14. The van der Waals surface area contributed by atoms with E-state index in [1.807, 2.05) is 37.3 Å². The van der Waals surface area contributed by atoms with Crippen molar-refractivity contribution in [1.82, 2.24) is 15.1 Å². The van der Waals surface area contributed by atoms with E-state index in [2.05, 4.69) is 17.0 Å². The lowest BCUT2D eigenvalue weighted by Crippen LogP contribution is -2.35. The highest BCUT2D eigenvalue weighted by atomic mass is 35.5. The van der Waals surface area contributed by atoms with E-state index in [0.29, 0.717) is 29.5 Å². The molecule has 0 bridgehead atoms. The third-order valence-electron chi connectivity index (χ3n) is 3.75. The molecular formula is C20H22ClN3O3. The SMILES string of the molecule is C=CCNC(=O)[C@@H](C)OC(=O)/C=C/c1c(C)nn(Cc2ccccc2)c1Cl. The number of esters is 1. The molecule has 0 saturated carbocycles. The van der Waals surface area contributed by atoms with Gasteiger partial charge in [-0.25, -0.2) is 9.48 Å². The van der Waals surface area contributed by atoms with Gasteiger partial charge in [0.15, 0.2) is 6.10 Å². The summed E-state index contributed by atoms with van der Waals surface area (Å²) >= 11 is 6.40. The molecular weight excluding hydrogens is 366 g/mol. The third-order valence-corrected chi connectivity index (χ3v) is 4.15. The molecule has 0 radical (unpaired) electrons. The quantitative estimate of drug-likeness (QED) is 0.429. The van der Waals surface area contributed by atoms with Crippen molar-refractivity contribution in [2.24, 2.45) is 0 Å². The highest BCUT2D eigenvalue weighted by Gasteiger charge is 2.16. The molecule has 0 aliphatic carbocycles. The number of carbonyl (C=O) groups excluding carboxylic acids is 2. The van der Waals surface area contributed by atoms with Gasteiger partial charge in [0.25, 0.3) is 5.91 Å². The number of nitrogens with zero attached hydrogens (tertiary/aromatic N) is 2. The van der Waals surface area contributed by atoms with Crippen LogP contribution >= 0.6 is 11.6 Å². The molecule has 7 heteroatoms. The van der Waals surface area contributed by atoms with Crippen molar-refractivity contribution in [1.29, 1.82) is 0 Å². The van der Waals surface area contributed by atoms with Gasteiger partial charge in [-0.2, -0.15) is 5.10 Å². The van der Waals surface area contributed by atoms with E-state index in [4.69, 9.17) is 16.3 Å². The molecule has 1 atom stereocenters. The normalized spacial score (nSPS) is 12.0. The monoisotopic (exact) mass is 387 g/mol. The Balaban J connectivity index is 2.03. The van der Waals surface area contributed by atoms with Crippen LogP contribution in [0.25, 0.3) is 6.08 Å². The van der Waals surface area contributed by atoms with Gasteiger partial charge in [0, 0.05) is 18.2 Å². The minimum Gasteiger partial charge on any atom is -0.449 e. The Kier molecular flexibility index (Phi) is 7.37. The number of aryl methyl sites for hydroxylation is 1. The van der Waals surface area contributed by atoms with Gasteiger partial charge < -0.3 is 10.1 Å². The Hall–Kier alpha value is -2.86. The van der Waals surface area contributed by atoms with Crippen LogP contribution in [-0.4, -0.2) is 34.3 Å². The van der Waals surface area contributed by atoms with Gasteiger partial charge in [0.1, 0.15) is 5.15 Å². The highest BCUT2D eigenvalue weighted by Crippen LogP contribution is 2.22. The molecule has 142 valence electrons. The first kappa shape index (κ1) is 20.5. The van der Waals surface area contributed by atoms with E-state index < -0.39 is 12.1 Å². The second kappa shape index (κ2) is 9.73. The lowest BCUT2D eigenvalue weighted by atomic mass is 10.2. The van der Waals surface area contributed by atoms with E-state index in [-0.39, 0.29) is 5.91 Å². The number of rotatable bonds is 8. The molecule has 0 spiro atoms. The van der Waals surface area contributed by atoms with Crippen LogP contribution in [0.5, 0.6) is 0 Å². The van der Waals surface area contributed by atoms with Gasteiger partial charge in [-0.05, 0) is 25.5 Å². The Bertz CT molecular complexity index is 844. The van der Waals surface area contributed by atoms with Crippen LogP contribution < -0.4 is 5.32 Å². The van der Waals surface area contributed by atoms with Gasteiger partial charge in [-0.1, -0.05) is 48.0 Å². The molecule has 0 aliphatic rings. The van der Waals surface area contributed by atoms with E-state index in [9.17, 15) is 9.59 Å². The topological polar surface area (TPSA) is 73.2 Å². The largest absolute Gasteiger partial charge is 0.449 e. The van der Waals surface area contributed by atoms with Crippen molar-refractivity contribution in [3.05, 3.63) is 71.0 Å². The summed E-state index contributed by atoms with van der Waals surface area (Å²) in [4.78, 5) is 23.6. The fourth-order valence-electron chi connectivity index (χ4n) is 2.35. The first-order chi connectivity index (χ1) is 12.9. The Morgan fingerprint density at radius 1 is 1.37 bits per heavy atom. The van der Waals surface area contributed by atoms with Crippen molar-refractivity contribution < 1.29 is 14.3 Å². The van der Waals surface area contributed by atoms with Gasteiger partial charge in [-0.15, -0.1) is 6.58 Å². The Morgan fingerprint density at radius 3 is 2.74 bits per heavy atom. The molecule has 27 heavy (non-hydrogen) atoms. The zero-order valence-corrected chi connectivity index (χ0v) is 16.1. The number of nitrogens with one attached hydrogen (secondary N) is 1. The summed E-state index contributed by atoms with van der Waals surface area (Å²) in [5.41, 5.74) is 2.39. The minimum absolute atomic E-state index is 0.311. The number of hydrogen-bond donors (Lipinski definition) is 1. The third kappa shape index (κ3) is 5.82. The van der Waals surface area contributed by atoms with Crippen molar-refractivity contribution in [2.45, 2.75) is 26.5 Å². The molecule has 2 rings (SSSR count). The molecule has 1 aromatic heterocycles.